The third-order valence-corrected chi connectivity index (χ3v) is 6.91. The lowest BCUT2D eigenvalue weighted by atomic mass is 9.78. The predicted molar refractivity (Wildman–Crippen MR) is 129 cm³/mol. The summed E-state index contributed by atoms with van der Waals surface area (Å²) in [7, 11) is 0. The summed E-state index contributed by atoms with van der Waals surface area (Å²) < 4.78 is 0. The summed E-state index contributed by atoms with van der Waals surface area (Å²) in [6.45, 7) is 1.95. The molecule has 1 aliphatic heterocycles. The number of carboxylic acids is 1. The normalized spacial score (nSPS) is 16.7. The smallest absolute Gasteiger partial charge is 0.339 e. The van der Waals surface area contributed by atoms with Crippen LogP contribution in [0.3, 0.4) is 0 Å². The molecule has 33 heavy (non-hydrogen) atoms. The molecule has 166 valence electrons. The van der Waals surface area contributed by atoms with Crippen LogP contribution in [-0.4, -0.2) is 22.1 Å². The number of carbonyl (C=O) groups excluding carboxylic acids is 1. The van der Waals surface area contributed by atoms with E-state index in [0.29, 0.717) is 27.9 Å². The van der Waals surface area contributed by atoms with Crippen LogP contribution in [0.15, 0.2) is 54.6 Å². The van der Waals surface area contributed by atoms with E-state index < -0.39 is 11.7 Å². The van der Waals surface area contributed by atoms with Gasteiger partial charge in [-0.2, -0.15) is 0 Å². The maximum atomic E-state index is 13.7. The molecule has 1 amide bonds. The molecule has 0 aromatic heterocycles. The molecule has 2 N–H and O–H groups in total. The largest absolute Gasteiger partial charge is 0.507 e. The number of aromatic carboxylic acids is 1. The van der Waals surface area contributed by atoms with Crippen LogP contribution in [0.25, 0.3) is 11.6 Å². The number of rotatable bonds is 4. The van der Waals surface area contributed by atoms with Crippen LogP contribution in [-0.2, 0) is 4.79 Å². The summed E-state index contributed by atoms with van der Waals surface area (Å²) in [5.41, 5.74) is 5.17. The summed E-state index contributed by atoms with van der Waals surface area (Å²) in [6.07, 6.45) is 5.30. The average molecular weight is 460 g/mol. The first-order chi connectivity index (χ1) is 15.9. The summed E-state index contributed by atoms with van der Waals surface area (Å²) in [6, 6.07) is 15.7. The average Bonchev–Trinajstić information content (AvgIpc) is 3.01. The lowest BCUT2D eigenvalue weighted by Gasteiger charge is -2.27. The van der Waals surface area contributed by atoms with Crippen molar-refractivity contribution in [3.05, 3.63) is 87.4 Å². The van der Waals surface area contributed by atoms with Crippen molar-refractivity contribution in [1.82, 2.24) is 0 Å². The van der Waals surface area contributed by atoms with Gasteiger partial charge in [0.15, 0.2) is 0 Å². The third kappa shape index (κ3) is 3.49. The minimum Gasteiger partial charge on any atom is -0.507 e. The highest BCUT2D eigenvalue weighted by Gasteiger charge is 2.35. The number of benzene rings is 3. The molecule has 0 saturated heterocycles. The quantitative estimate of drug-likeness (QED) is 0.434. The number of amides is 1. The molecule has 5 nitrogen and oxygen atoms in total. The van der Waals surface area contributed by atoms with Gasteiger partial charge in [-0.3, -0.25) is 9.69 Å². The Bertz CT molecular complexity index is 1340. The highest BCUT2D eigenvalue weighted by Crippen LogP contribution is 2.46. The maximum Gasteiger partial charge on any atom is 0.339 e. The van der Waals surface area contributed by atoms with E-state index in [1.165, 1.54) is 29.5 Å². The Kier molecular flexibility index (Phi) is 5.22. The Hall–Kier alpha value is -3.57. The fourth-order valence-corrected chi connectivity index (χ4v) is 4.92. The zero-order chi connectivity index (χ0) is 23.3. The highest BCUT2D eigenvalue weighted by molar-refractivity contribution is 6.39. The maximum absolute atomic E-state index is 13.7. The molecule has 0 radical (unpaired) electrons. The highest BCUT2D eigenvalue weighted by atomic mass is 35.5. The molecule has 5 rings (SSSR count). The molecule has 0 unspecified atom stereocenters. The molecule has 1 aliphatic carbocycles. The molecule has 1 fully saturated rings. The number of carboxylic acid groups (broad SMARTS) is 1. The number of aryl methyl sites for hydroxylation is 1. The molecule has 2 aliphatic rings. The molecule has 3 aromatic carbocycles. The van der Waals surface area contributed by atoms with Gasteiger partial charge >= 0.3 is 5.97 Å². The van der Waals surface area contributed by atoms with Gasteiger partial charge < -0.3 is 10.2 Å². The van der Waals surface area contributed by atoms with Crippen LogP contribution in [0, 0.1) is 6.92 Å². The van der Waals surface area contributed by atoms with Crippen LogP contribution in [0.5, 0.6) is 5.75 Å². The number of hydrogen-bond donors (Lipinski definition) is 2. The summed E-state index contributed by atoms with van der Waals surface area (Å²) in [5.74, 6) is -1.43. The monoisotopic (exact) mass is 459 g/mol. The van der Waals surface area contributed by atoms with Crippen molar-refractivity contribution >= 4 is 46.5 Å². The van der Waals surface area contributed by atoms with Crippen molar-refractivity contribution < 1.29 is 19.8 Å². The van der Waals surface area contributed by atoms with Crippen molar-refractivity contribution in [2.24, 2.45) is 0 Å². The van der Waals surface area contributed by atoms with E-state index in [0.717, 1.165) is 35.1 Å². The number of hydrogen-bond acceptors (Lipinski definition) is 3. The number of halogens is 1. The predicted octanol–water partition coefficient (Wildman–Crippen LogP) is 6.54. The number of fused-ring (bicyclic) bond motifs is 1. The second kappa shape index (κ2) is 8.09. The van der Waals surface area contributed by atoms with Gasteiger partial charge in [0.25, 0.3) is 5.91 Å². The Labute approximate surface area is 196 Å². The van der Waals surface area contributed by atoms with Crippen LogP contribution < -0.4 is 4.90 Å². The van der Waals surface area contributed by atoms with Crippen molar-refractivity contribution in [3.63, 3.8) is 0 Å². The van der Waals surface area contributed by atoms with Gasteiger partial charge in [0, 0.05) is 16.7 Å². The molecule has 0 atom stereocenters. The second-order valence-electron chi connectivity index (χ2n) is 8.54. The molecule has 6 heteroatoms. The Balaban J connectivity index is 1.67. The first kappa shape index (κ1) is 21.3. The third-order valence-electron chi connectivity index (χ3n) is 6.58. The van der Waals surface area contributed by atoms with Crippen LogP contribution in [0.1, 0.15) is 57.8 Å². The van der Waals surface area contributed by atoms with E-state index in [9.17, 15) is 19.8 Å². The summed E-state index contributed by atoms with van der Waals surface area (Å²) in [4.78, 5) is 26.6. The summed E-state index contributed by atoms with van der Waals surface area (Å²) in [5, 5.41) is 20.1. The Morgan fingerprint density at radius 3 is 2.55 bits per heavy atom. The van der Waals surface area contributed by atoms with Gasteiger partial charge in [0.1, 0.15) is 11.3 Å². The van der Waals surface area contributed by atoms with E-state index in [2.05, 4.69) is 6.07 Å². The Morgan fingerprint density at radius 1 is 1.12 bits per heavy atom. The lowest BCUT2D eigenvalue weighted by Crippen LogP contribution is -2.20. The molecule has 3 aromatic rings. The van der Waals surface area contributed by atoms with E-state index >= 15 is 0 Å². The van der Waals surface area contributed by atoms with Gasteiger partial charge in [0.2, 0.25) is 0 Å². The second-order valence-corrected chi connectivity index (χ2v) is 8.95. The van der Waals surface area contributed by atoms with Gasteiger partial charge in [0.05, 0.1) is 16.9 Å². The molecular weight excluding hydrogens is 438 g/mol. The van der Waals surface area contributed by atoms with Gasteiger partial charge in [-0.25, -0.2) is 4.79 Å². The summed E-state index contributed by atoms with van der Waals surface area (Å²) >= 11 is 6.61. The van der Waals surface area contributed by atoms with Crippen molar-refractivity contribution in [1.29, 1.82) is 0 Å². The minimum absolute atomic E-state index is 0.216. The van der Waals surface area contributed by atoms with E-state index in [-0.39, 0.29) is 11.5 Å². The zero-order valence-electron chi connectivity index (χ0n) is 18.0. The fourth-order valence-electron chi connectivity index (χ4n) is 4.68. The van der Waals surface area contributed by atoms with Gasteiger partial charge in [-0.1, -0.05) is 42.3 Å². The van der Waals surface area contributed by atoms with E-state index in [1.807, 2.05) is 43.3 Å². The lowest BCUT2D eigenvalue weighted by molar-refractivity contribution is -0.112. The number of anilines is 2. The van der Waals surface area contributed by atoms with Crippen LogP contribution in [0.4, 0.5) is 11.4 Å². The van der Waals surface area contributed by atoms with E-state index in [4.69, 9.17) is 11.6 Å². The molecule has 0 bridgehead atoms. The first-order valence-corrected chi connectivity index (χ1v) is 11.3. The van der Waals surface area contributed by atoms with Crippen molar-refractivity contribution in [2.75, 3.05) is 4.90 Å². The Morgan fingerprint density at radius 2 is 1.88 bits per heavy atom. The first-order valence-electron chi connectivity index (χ1n) is 10.9. The zero-order valence-corrected chi connectivity index (χ0v) is 18.8. The van der Waals surface area contributed by atoms with Gasteiger partial charge in [-0.05, 0) is 72.7 Å². The number of carbonyl (C=O) groups is 2. The van der Waals surface area contributed by atoms with Crippen molar-refractivity contribution in [3.8, 4) is 5.75 Å². The standard InChI is InChI=1S/C27H22ClNO4/c1-15-5-2-10-23-25(15)21(14-20-18(16-6-3-7-16)8-4-9-22(20)28)26(31)29(23)17-11-12-19(27(32)33)24(30)13-17/h2,4-5,8-14,16,30H,3,6-7H2,1H3,(H,32,33). The van der Waals surface area contributed by atoms with Gasteiger partial charge in [-0.15, -0.1) is 0 Å². The SMILES string of the molecule is Cc1cccc2c1C(=Cc1c(Cl)cccc1C1CCC1)C(=O)N2c1ccc(C(=O)O)c(O)c1. The molecule has 1 heterocycles. The minimum atomic E-state index is -1.23. The number of aromatic hydroxyl groups is 1. The number of nitrogens with zero attached hydrogens (tertiary/aromatic N) is 1. The van der Waals surface area contributed by atoms with Crippen LogP contribution >= 0.6 is 11.6 Å². The molecule has 1 saturated carbocycles. The molecule has 0 spiro atoms. The van der Waals surface area contributed by atoms with Crippen molar-refractivity contribution in [2.45, 2.75) is 32.1 Å². The topological polar surface area (TPSA) is 77.8 Å². The molecular formula is C27H22ClNO4. The van der Waals surface area contributed by atoms with E-state index in [1.54, 1.807) is 0 Å². The van der Waals surface area contributed by atoms with Crippen LogP contribution in [0.2, 0.25) is 5.02 Å². The number of phenols is 1. The fraction of sp³-hybridized carbons (Fsp3) is 0.185.